The number of amides is 1. The summed E-state index contributed by atoms with van der Waals surface area (Å²) in [6.07, 6.45) is 7.05. The van der Waals surface area contributed by atoms with Crippen LogP contribution in [0.4, 0.5) is 0 Å². The zero-order valence-electron chi connectivity index (χ0n) is 13.9. The summed E-state index contributed by atoms with van der Waals surface area (Å²) in [5.74, 6) is 1.52. The van der Waals surface area contributed by atoms with E-state index >= 15 is 0 Å². The van der Waals surface area contributed by atoms with Gasteiger partial charge in [0, 0.05) is 19.1 Å². The molecule has 1 aliphatic heterocycles. The molecule has 1 saturated heterocycles. The van der Waals surface area contributed by atoms with Gasteiger partial charge < -0.3 is 10.0 Å². The van der Waals surface area contributed by atoms with Crippen LogP contribution < -0.4 is 0 Å². The highest BCUT2D eigenvalue weighted by atomic mass is 16.3. The predicted octanol–water partition coefficient (Wildman–Crippen LogP) is 2.12. The van der Waals surface area contributed by atoms with Crippen LogP contribution in [0, 0.1) is 11.8 Å². The zero-order valence-corrected chi connectivity index (χ0v) is 13.9. The van der Waals surface area contributed by atoms with Gasteiger partial charge in [0.15, 0.2) is 0 Å². The van der Waals surface area contributed by atoms with Gasteiger partial charge in [0.2, 0.25) is 5.91 Å². The van der Waals surface area contributed by atoms with Crippen LogP contribution in [0.15, 0.2) is 0 Å². The topological polar surface area (TPSA) is 43.8 Å². The third-order valence-electron chi connectivity index (χ3n) is 5.68. The van der Waals surface area contributed by atoms with Crippen LogP contribution in [-0.4, -0.2) is 59.6 Å². The Labute approximate surface area is 129 Å². The number of likely N-dealkylation sites (N-methyl/N-ethyl adjacent to an activating group) is 1. The summed E-state index contributed by atoms with van der Waals surface area (Å²) in [5, 5.41) is 9.59. The number of carbonyl (C=O) groups is 1. The Bertz CT molecular complexity index is 340. The summed E-state index contributed by atoms with van der Waals surface area (Å²) >= 11 is 0. The molecule has 1 N–H and O–H groups in total. The van der Waals surface area contributed by atoms with E-state index in [-0.39, 0.29) is 18.6 Å². The third kappa shape index (κ3) is 4.19. The van der Waals surface area contributed by atoms with Crippen molar-refractivity contribution in [2.75, 3.05) is 26.7 Å². The molecule has 0 aromatic heterocycles. The average molecular weight is 296 g/mol. The largest absolute Gasteiger partial charge is 0.395 e. The van der Waals surface area contributed by atoms with Crippen LogP contribution in [0.2, 0.25) is 0 Å². The van der Waals surface area contributed by atoms with Crippen molar-refractivity contribution in [1.82, 2.24) is 9.80 Å². The summed E-state index contributed by atoms with van der Waals surface area (Å²) in [6.45, 7) is 6.07. The van der Waals surface area contributed by atoms with E-state index in [1.807, 2.05) is 11.9 Å². The number of aliphatic hydroxyl groups is 1. The Morgan fingerprint density at radius 2 is 1.86 bits per heavy atom. The molecule has 1 aliphatic carbocycles. The Morgan fingerprint density at radius 3 is 2.48 bits per heavy atom. The van der Waals surface area contributed by atoms with E-state index in [0.29, 0.717) is 18.5 Å². The molecule has 1 saturated carbocycles. The van der Waals surface area contributed by atoms with Crippen molar-refractivity contribution in [2.45, 2.75) is 64.5 Å². The first-order valence-electron chi connectivity index (χ1n) is 8.63. The monoisotopic (exact) mass is 296 g/mol. The maximum absolute atomic E-state index is 12.6. The highest BCUT2D eigenvalue weighted by molar-refractivity contribution is 5.78. The summed E-state index contributed by atoms with van der Waals surface area (Å²) < 4.78 is 0. The molecule has 2 rings (SSSR count). The molecule has 1 heterocycles. The number of carbonyl (C=O) groups excluding carboxylic acids is 1. The molecule has 1 amide bonds. The second kappa shape index (κ2) is 7.59. The first-order valence-corrected chi connectivity index (χ1v) is 8.63. The zero-order chi connectivity index (χ0) is 15.4. The van der Waals surface area contributed by atoms with Gasteiger partial charge in [0.05, 0.1) is 13.2 Å². The highest BCUT2D eigenvalue weighted by Crippen LogP contribution is 2.27. The van der Waals surface area contributed by atoms with Gasteiger partial charge in [-0.3, -0.25) is 9.69 Å². The predicted molar refractivity (Wildman–Crippen MR) is 85.0 cm³/mol. The lowest BCUT2D eigenvalue weighted by atomic mass is 9.86. The molecule has 4 heteroatoms. The molecule has 2 atom stereocenters. The summed E-state index contributed by atoms with van der Waals surface area (Å²) in [6, 6.07) is 0.575. The standard InChI is InChI=1S/C17H32N2O2/c1-13-6-8-15(9-7-13)18(3)17(21)11-19-10-4-5-14(2)16(19)12-20/h13-16,20H,4-12H2,1-3H3/t13?,14-,15?,16-/m1/s1. The minimum absolute atomic E-state index is 0.155. The van der Waals surface area contributed by atoms with Crippen molar-refractivity contribution in [3.8, 4) is 0 Å². The van der Waals surface area contributed by atoms with E-state index < -0.39 is 0 Å². The van der Waals surface area contributed by atoms with Gasteiger partial charge in [-0.15, -0.1) is 0 Å². The van der Waals surface area contributed by atoms with Gasteiger partial charge in [-0.05, 0) is 56.9 Å². The van der Waals surface area contributed by atoms with E-state index in [0.717, 1.165) is 38.1 Å². The molecule has 0 radical (unpaired) electrons. The Balaban J connectivity index is 1.87. The SMILES string of the molecule is CC1CCC(N(C)C(=O)CN2CCC[C@@H](C)[C@H]2CO)CC1. The molecule has 0 aromatic rings. The van der Waals surface area contributed by atoms with Crippen molar-refractivity contribution >= 4 is 5.91 Å². The maximum atomic E-state index is 12.6. The van der Waals surface area contributed by atoms with Crippen molar-refractivity contribution in [3.63, 3.8) is 0 Å². The maximum Gasteiger partial charge on any atom is 0.236 e. The fourth-order valence-electron chi connectivity index (χ4n) is 3.94. The van der Waals surface area contributed by atoms with Crippen molar-refractivity contribution < 1.29 is 9.90 Å². The summed E-state index contributed by atoms with van der Waals surface area (Å²) in [7, 11) is 1.96. The van der Waals surface area contributed by atoms with E-state index in [4.69, 9.17) is 0 Å². The van der Waals surface area contributed by atoms with Gasteiger partial charge in [-0.1, -0.05) is 13.8 Å². The smallest absolute Gasteiger partial charge is 0.236 e. The van der Waals surface area contributed by atoms with Crippen LogP contribution in [0.1, 0.15) is 52.4 Å². The minimum Gasteiger partial charge on any atom is -0.395 e. The lowest BCUT2D eigenvalue weighted by Crippen LogP contribution is -2.52. The third-order valence-corrected chi connectivity index (χ3v) is 5.68. The lowest BCUT2D eigenvalue weighted by Gasteiger charge is -2.40. The number of nitrogens with zero attached hydrogens (tertiary/aromatic N) is 2. The van der Waals surface area contributed by atoms with Crippen LogP contribution in [-0.2, 0) is 4.79 Å². The first kappa shape index (κ1) is 16.8. The molecule has 21 heavy (non-hydrogen) atoms. The highest BCUT2D eigenvalue weighted by Gasteiger charge is 2.31. The molecule has 0 unspecified atom stereocenters. The second-order valence-corrected chi connectivity index (χ2v) is 7.26. The molecule has 0 bridgehead atoms. The van der Waals surface area contributed by atoms with Gasteiger partial charge in [-0.25, -0.2) is 0 Å². The number of piperidine rings is 1. The molecule has 4 nitrogen and oxygen atoms in total. The van der Waals surface area contributed by atoms with Crippen LogP contribution >= 0.6 is 0 Å². The summed E-state index contributed by atoms with van der Waals surface area (Å²) in [4.78, 5) is 16.7. The van der Waals surface area contributed by atoms with E-state index in [9.17, 15) is 9.90 Å². The number of hydrogen-bond acceptors (Lipinski definition) is 3. The van der Waals surface area contributed by atoms with Crippen molar-refractivity contribution in [1.29, 1.82) is 0 Å². The molecule has 2 fully saturated rings. The number of aliphatic hydroxyl groups excluding tert-OH is 1. The van der Waals surface area contributed by atoms with Crippen LogP contribution in [0.25, 0.3) is 0 Å². The van der Waals surface area contributed by atoms with Crippen LogP contribution in [0.3, 0.4) is 0 Å². The molecular weight excluding hydrogens is 264 g/mol. The van der Waals surface area contributed by atoms with E-state index in [2.05, 4.69) is 18.7 Å². The Morgan fingerprint density at radius 1 is 1.19 bits per heavy atom. The quantitative estimate of drug-likeness (QED) is 0.864. The van der Waals surface area contributed by atoms with Crippen molar-refractivity contribution in [2.24, 2.45) is 11.8 Å². The second-order valence-electron chi connectivity index (χ2n) is 7.26. The molecule has 2 aliphatic rings. The first-order chi connectivity index (χ1) is 10.0. The fourth-order valence-corrected chi connectivity index (χ4v) is 3.94. The molecule has 0 spiro atoms. The average Bonchev–Trinajstić information content (AvgIpc) is 2.47. The lowest BCUT2D eigenvalue weighted by molar-refractivity contribution is -0.135. The fraction of sp³-hybridized carbons (Fsp3) is 0.941. The van der Waals surface area contributed by atoms with Gasteiger partial charge in [-0.2, -0.15) is 0 Å². The van der Waals surface area contributed by atoms with Crippen molar-refractivity contribution in [3.05, 3.63) is 0 Å². The minimum atomic E-state index is 0.155. The number of rotatable bonds is 4. The van der Waals surface area contributed by atoms with Crippen LogP contribution in [0.5, 0.6) is 0 Å². The number of hydrogen-bond donors (Lipinski definition) is 1. The van der Waals surface area contributed by atoms with Gasteiger partial charge in [0.1, 0.15) is 0 Å². The normalized spacial score (nSPS) is 34.7. The Kier molecular flexibility index (Phi) is 6.06. The summed E-state index contributed by atoms with van der Waals surface area (Å²) in [5.41, 5.74) is 0. The molecule has 122 valence electrons. The molecule has 0 aromatic carbocycles. The van der Waals surface area contributed by atoms with E-state index in [1.165, 1.54) is 12.8 Å². The van der Waals surface area contributed by atoms with Gasteiger partial charge in [0.25, 0.3) is 0 Å². The number of likely N-dealkylation sites (tertiary alicyclic amines) is 1. The molecular formula is C17H32N2O2. The van der Waals surface area contributed by atoms with E-state index in [1.54, 1.807) is 0 Å². The Hall–Kier alpha value is -0.610. The van der Waals surface area contributed by atoms with Gasteiger partial charge >= 0.3 is 0 Å².